The fraction of sp³-hybridized carbons (Fsp3) is 1.00. The van der Waals surface area contributed by atoms with E-state index in [1.807, 2.05) is 55.4 Å². The average Bonchev–Trinajstić information content (AvgIpc) is 2.60. The maximum atomic E-state index is 5.59. The third-order valence-electron chi connectivity index (χ3n) is 1.83. The van der Waals surface area contributed by atoms with E-state index >= 15 is 0 Å². The average molecular weight is 234 g/mol. The zero-order valence-corrected chi connectivity index (χ0v) is 13.2. The minimum Gasteiger partial charge on any atom is -0.345 e. The Kier molecular flexibility index (Phi) is 17.2. The topological polar surface area (TPSA) is 18.5 Å². The zero-order chi connectivity index (χ0) is 13.8. The Balaban J connectivity index is -0.000000245. The van der Waals surface area contributed by atoms with Crippen LogP contribution in [0.5, 0.6) is 0 Å². The van der Waals surface area contributed by atoms with E-state index in [0.717, 1.165) is 6.42 Å². The second-order valence-corrected chi connectivity index (χ2v) is 3.29. The number of hydrogen-bond donors (Lipinski definition) is 0. The predicted molar refractivity (Wildman–Crippen MR) is 73.8 cm³/mol. The molecule has 2 unspecified atom stereocenters. The van der Waals surface area contributed by atoms with E-state index in [-0.39, 0.29) is 18.0 Å². The lowest BCUT2D eigenvalue weighted by molar-refractivity contribution is -0.145. The van der Waals surface area contributed by atoms with Crippen LogP contribution in [0.1, 0.15) is 75.7 Å². The second kappa shape index (κ2) is 13.0. The van der Waals surface area contributed by atoms with Crippen LogP contribution >= 0.6 is 0 Å². The Morgan fingerprint density at radius 2 is 1.25 bits per heavy atom. The standard InChI is InChI=1S/C8H16O2.3C2H6/c1-5-7-6(2)9-8(3,4)10-7;3*1-2/h6-7H,5H2,1-4H3;3*1-2H3. The van der Waals surface area contributed by atoms with Gasteiger partial charge in [-0.25, -0.2) is 0 Å². The van der Waals surface area contributed by atoms with E-state index in [1.165, 1.54) is 0 Å². The van der Waals surface area contributed by atoms with Crippen molar-refractivity contribution in [3.8, 4) is 0 Å². The smallest absolute Gasteiger partial charge is 0.163 e. The first-order chi connectivity index (χ1) is 7.55. The van der Waals surface area contributed by atoms with Crippen LogP contribution in [0.3, 0.4) is 0 Å². The van der Waals surface area contributed by atoms with Crippen molar-refractivity contribution in [3.63, 3.8) is 0 Å². The van der Waals surface area contributed by atoms with Crippen LogP contribution in [0.15, 0.2) is 0 Å². The van der Waals surface area contributed by atoms with Crippen LogP contribution in [0, 0.1) is 0 Å². The van der Waals surface area contributed by atoms with E-state index in [2.05, 4.69) is 13.8 Å². The molecule has 0 aromatic heterocycles. The molecule has 0 spiro atoms. The second-order valence-electron chi connectivity index (χ2n) is 3.29. The summed E-state index contributed by atoms with van der Waals surface area (Å²) in [4.78, 5) is 0. The van der Waals surface area contributed by atoms with Crippen molar-refractivity contribution in [2.24, 2.45) is 0 Å². The van der Waals surface area contributed by atoms with Crippen LogP contribution < -0.4 is 0 Å². The van der Waals surface area contributed by atoms with Gasteiger partial charge < -0.3 is 9.47 Å². The van der Waals surface area contributed by atoms with Gasteiger partial charge in [-0.05, 0) is 27.2 Å². The summed E-state index contributed by atoms with van der Waals surface area (Å²) < 4.78 is 11.1. The molecule has 1 aliphatic rings. The third-order valence-corrected chi connectivity index (χ3v) is 1.83. The summed E-state index contributed by atoms with van der Waals surface area (Å²) >= 11 is 0. The Morgan fingerprint density at radius 1 is 0.875 bits per heavy atom. The van der Waals surface area contributed by atoms with E-state index < -0.39 is 0 Å². The molecular formula is C14H34O2. The summed E-state index contributed by atoms with van der Waals surface area (Å²) in [6.07, 6.45) is 1.57. The maximum absolute atomic E-state index is 5.59. The number of rotatable bonds is 1. The SMILES string of the molecule is CC.CC.CC.CCC1OC(C)(C)OC1C. The van der Waals surface area contributed by atoms with Crippen molar-refractivity contribution in [2.45, 2.75) is 93.7 Å². The molecule has 0 amide bonds. The zero-order valence-electron chi connectivity index (χ0n) is 13.2. The fourth-order valence-corrected chi connectivity index (χ4v) is 1.43. The molecule has 0 radical (unpaired) electrons. The molecule has 0 aliphatic carbocycles. The van der Waals surface area contributed by atoms with Gasteiger partial charge in [0.05, 0.1) is 12.2 Å². The van der Waals surface area contributed by atoms with Crippen molar-refractivity contribution in [1.29, 1.82) is 0 Å². The van der Waals surface area contributed by atoms with Gasteiger partial charge in [-0.15, -0.1) is 0 Å². The molecule has 0 N–H and O–H groups in total. The predicted octanol–water partition coefficient (Wildman–Crippen LogP) is 5.02. The molecule has 16 heavy (non-hydrogen) atoms. The third kappa shape index (κ3) is 9.17. The van der Waals surface area contributed by atoms with E-state index in [0.29, 0.717) is 0 Å². The molecule has 0 aromatic carbocycles. The fourth-order valence-electron chi connectivity index (χ4n) is 1.43. The Labute approximate surface area is 104 Å². The van der Waals surface area contributed by atoms with Crippen LogP contribution in [0.4, 0.5) is 0 Å². The molecule has 2 nitrogen and oxygen atoms in total. The van der Waals surface area contributed by atoms with Crippen molar-refractivity contribution in [3.05, 3.63) is 0 Å². The van der Waals surface area contributed by atoms with Gasteiger partial charge in [-0.1, -0.05) is 48.5 Å². The van der Waals surface area contributed by atoms with Crippen LogP contribution in [-0.2, 0) is 9.47 Å². The number of ether oxygens (including phenoxy) is 2. The first-order valence-corrected chi connectivity index (χ1v) is 6.91. The highest BCUT2D eigenvalue weighted by molar-refractivity contribution is 4.76. The van der Waals surface area contributed by atoms with E-state index in [9.17, 15) is 0 Å². The van der Waals surface area contributed by atoms with Crippen LogP contribution in [-0.4, -0.2) is 18.0 Å². The van der Waals surface area contributed by atoms with Gasteiger partial charge in [-0.2, -0.15) is 0 Å². The summed E-state index contributed by atoms with van der Waals surface area (Å²) in [7, 11) is 0. The lowest BCUT2D eigenvalue weighted by Gasteiger charge is -2.16. The first kappa shape index (κ1) is 21.2. The minimum absolute atomic E-state index is 0.250. The minimum atomic E-state index is -0.361. The van der Waals surface area contributed by atoms with Crippen LogP contribution in [0.2, 0.25) is 0 Å². The van der Waals surface area contributed by atoms with Gasteiger partial charge in [0.25, 0.3) is 0 Å². The molecule has 102 valence electrons. The van der Waals surface area contributed by atoms with Gasteiger partial charge in [0.2, 0.25) is 0 Å². The summed E-state index contributed by atoms with van der Waals surface area (Å²) in [5, 5.41) is 0. The summed E-state index contributed by atoms with van der Waals surface area (Å²) in [6.45, 7) is 20.1. The van der Waals surface area contributed by atoms with Crippen molar-refractivity contribution in [2.75, 3.05) is 0 Å². The number of hydrogen-bond acceptors (Lipinski definition) is 2. The van der Waals surface area contributed by atoms with Gasteiger partial charge >= 0.3 is 0 Å². The summed E-state index contributed by atoms with van der Waals surface area (Å²) in [6, 6.07) is 0. The molecule has 0 saturated carbocycles. The molecule has 1 saturated heterocycles. The molecule has 0 bridgehead atoms. The molecule has 2 atom stereocenters. The highest BCUT2D eigenvalue weighted by Crippen LogP contribution is 2.28. The quantitative estimate of drug-likeness (QED) is 0.634. The normalized spacial score (nSPS) is 25.1. The summed E-state index contributed by atoms with van der Waals surface area (Å²) in [5.74, 6) is -0.361. The van der Waals surface area contributed by atoms with Crippen molar-refractivity contribution < 1.29 is 9.47 Å². The first-order valence-electron chi connectivity index (χ1n) is 6.91. The molecule has 1 aliphatic heterocycles. The van der Waals surface area contributed by atoms with E-state index in [1.54, 1.807) is 0 Å². The largest absolute Gasteiger partial charge is 0.345 e. The van der Waals surface area contributed by atoms with Crippen molar-refractivity contribution >= 4 is 0 Å². The van der Waals surface area contributed by atoms with Crippen LogP contribution in [0.25, 0.3) is 0 Å². The lowest BCUT2D eigenvalue weighted by atomic mass is 10.2. The van der Waals surface area contributed by atoms with Gasteiger partial charge in [0.15, 0.2) is 5.79 Å². The Bertz CT molecular complexity index is 122. The highest BCUT2D eigenvalue weighted by atomic mass is 16.7. The molecule has 1 rings (SSSR count). The lowest BCUT2D eigenvalue weighted by Crippen LogP contribution is -2.21. The molecule has 0 aromatic rings. The Morgan fingerprint density at radius 3 is 1.38 bits per heavy atom. The maximum Gasteiger partial charge on any atom is 0.163 e. The monoisotopic (exact) mass is 234 g/mol. The molecule has 1 fully saturated rings. The molecule has 1 heterocycles. The van der Waals surface area contributed by atoms with Gasteiger partial charge in [-0.3, -0.25) is 0 Å². The van der Waals surface area contributed by atoms with Gasteiger partial charge in [0.1, 0.15) is 0 Å². The van der Waals surface area contributed by atoms with Gasteiger partial charge in [0, 0.05) is 0 Å². The highest BCUT2D eigenvalue weighted by Gasteiger charge is 2.37. The Hall–Kier alpha value is -0.0800. The molecular weight excluding hydrogens is 200 g/mol. The van der Waals surface area contributed by atoms with Crippen molar-refractivity contribution in [1.82, 2.24) is 0 Å². The summed E-state index contributed by atoms with van der Waals surface area (Å²) in [5.41, 5.74) is 0. The van der Waals surface area contributed by atoms with E-state index in [4.69, 9.17) is 9.47 Å². The molecule has 2 heteroatoms.